The third-order valence-electron chi connectivity index (χ3n) is 5.21. The Balaban J connectivity index is 1.65. The molecule has 1 fully saturated rings. The Kier molecular flexibility index (Phi) is 6.12. The maximum atomic E-state index is 14.2. The maximum Gasteiger partial charge on any atom is 0.280 e. The van der Waals surface area contributed by atoms with Crippen molar-refractivity contribution in [1.29, 1.82) is 0 Å². The fourth-order valence-corrected chi connectivity index (χ4v) is 4.63. The van der Waals surface area contributed by atoms with Gasteiger partial charge in [-0.2, -0.15) is 5.10 Å². The fourth-order valence-electron chi connectivity index (χ4n) is 3.62. The van der Waals surface area contributed by atoms with Gasteiger partial charge in [-0.1, -0.05) is 17.4 Å². The van der Waals surface area contributed by atoms with Crippen LogP contribution in [0.25, 0.3) is 10.2 Å². The van der Waals surface area contributed by atoms with Crippen LogP contribution in [0, 0.1) is 12.7 Å². The van der Waals surface area contributed by atoms with Crippen molar-refractivity contribution in [2.45, 2.75) is 26.8 Å². The lowest BCUT2D eigenvalue weighted by Crippen LogP contribution is -2.43. The minimum atomic E-state index is -0.379. The lowest BCUT2D eigenvalue weighted by Gasteiger charge is -2.29. The molecule has 1 aromatic carbocycles. The number of carbonyl (C=O) groups is 1. The molecule has 1 saturated heterocycles. The molecule has 1 amide bonds. The van der Waals surface area contributed by atoms with Gasteiger partial charge >= 0.3 is 0 Å². The predicted octanol–water partition coefficient (Wildman–Crippen LogP) is 3.50. The number of fused-ring (bicyclic) bond motifs is 1. The highest BCUT2D eigenvalue weighted by Crippen LogP contribution is 2.31. The third kappa shape index (κ3) is 4.23. The monoisotopic (exact) mass is 431 g/mol. The Morgan fingerprint density at radius 3 is 2.77 bits per heavy atom. The number of aryl methyl sites for hydroxylation is 1. The zero-order chi connectivity index (χ0) is 21.3. The van der Waals surface area contributed by atoms with Gasteiger partial charge in [-0.25, -0.2) is 9.37 Å². The van der Waals surface area contributed by atoms with Gasteiger partial charge in [-0.3, -0.25) is 19.3 Å². The summed E-state index contributed by atoms with van der Waals surface area (Å²) in [6.07, 6.45) is 0. The quantitative estimate of drug-likeness (QED) is 0.598. The Morgan fingerprint density at radius 1 is 1.33 bits per heavy atom. The van der Waals surface area contributed by atoms with Gasteiger partial charge in [0.15, 0.2) is 10.8 Å². The first-order valence-corrected chi connectivity index (χ1v) is 11.0. The molecule has 0 N–H and O–H groups in total. The van der Waals surface area contributed by atoms with Gasteiger partial charge in [-0.15, -0.1) is 0 Å². The van der Waals surface area contributed by atoms with Crippen LogP contribution in [0.15, 0.2) is 24.3 Å². The van der Waals surface area contributed by atoms with Gasteiger partial charge in [0.05, 0.1) is 17.9 Å². The summed E-state index contributed by atoms with van der Waals surface area (Å²) in [4.78, 5) is 21.8. The minimum Gasteiger partial charge on any atom is -0.379 e. The van der Waals surface area contributed by atoms with Crippen LogP contribution in [-0.4, -0.2) is 65.0 Å². The number of aromatic nitrogens is 3. The van der Waals surface area contributed by atoms with E-state index in [4.69, 9.17) is 4.74 Å². The first-order valence-electron chi connectivity index (χ1n) is 10.2. The van der Waals surface area contributed by atoms with E-state index in [1.807, 2.05) is 31.5 Å². The number of benzene rings is 1. The summed E-state index contributed by atoms with van der Waals surface area (Å²) in [5, 5.41) is 5.01. The number of morpholine rings is 1. The molecule has 160 valence electrons. The molecule has 30 heavy (non-hydrogen) atoms. The normalized spacial score (nSPS) is 15.2. The number of hydrogen-bond donors (Lipinski definition) is 0. The molecular weight excluding hydrogens is 405 g/mol. The molecule has 9 heteroatoms. The largest absolute Gasteiger partial charge is 0.379 e. The number of ether oxygens (including phenoxy) is 1. The molecule has 1 aliphatic heterocycles. The summed E-state index contributed by atoms with van der Waals surface area (Å²) >= 11 is 1.32. The van der Waals surface area contributed by atoms with E-state index in [0.717, 1.165) is 23.5 Å². The van der Waals surface area contributed by atoms with Crippen LogP contribution in [0.2, 0.25) is 0 Å². The number of rotatable bonds is 6. The fraction of sp³-hybridized carbons (Fsp3) is 0.476. The lowest BCUT2D eigenvalue weighted by atomic mass is 10.3. The molecule has 2 aromatic heterocycles. The van der Waals surface area contributed by atoms with Crippen LogP contribution >= 0.6 is 11.3 Å². The summed E-state index contributed by atoms with van der Waals surface area (Å²) < 4.78 is 22.2. The maximum absolute atomic E-state index is 14.2. The van der Waals surface area contributed by atoms with Crippen LogP contribution in [-0.2, 0) is 4.74 Å². The van der Waals surface area contributed by atoms with Gasteiger partial charge in [-0.05, 0) is 39.0 Å². The standard InChI is InChI=1S/C21H26FN5O2S/c1-14(2)27-15(3)13-17(24-27)20(28)26(8-7-25-9-11-29-12-10-25)21-23-19-16(22)5-4-6-18(19)30-21/h4-6,13-14H,7-12H2,1-3H3. The zero-order valence-corrected chi connectivity index (χ0v) is 18.3. The summed E-state index contributed by atoms with van der Waals surface area (Å²) in [6, 6.07) is 6.83. The first kappa shape index (κ1) is 20.9. The van der Waals surface area contributed by atoms with Crippen molar-refractivity contribution in [3.8, 4) is 0 Å². The molecule has 0 spiro atoms. The van der Waals surface area contributed by atoms with Gasteiger partial charge < -0.3 is 4.74 Å². The number of thiazole rings is 1. The second-order valence-corrected chi connectivity index (χ2v) is 8.71. The number of hydrogen-bond acceptors (Lipinski definition) is 6. The van der Waals surface area contributed by atoms with E-state index in [1.165, 1.54) is 17.4 Å². The van der Waals surface area contributed by atoms with Crippen LogP contribution in [0.4, 0.5) is 9.52 Å². The molecule has 0 atom stereocenters. The summed E-state index contributed by atoms with van der Waals surface area (Å²) in [5.41, 5.74) is 1.60. The van der Waals surface area contributed by atoms with E-state index in [1.54, 1.807) is 17.0 Å². The number of carbonyl (C=O) groups excluding carboxylic acids is 1. The summed E-state index contributed by atoms with van der Waals surface area (Å²) in [7, 11) is 0. The van der Waals surface area contributed by atoms with E-state index >= 15 is 0 Å². The van der Waals surface area contributed by atoms with Gasteiger partial charge in [0.1, 0.15) is 11.3 Å². The van der Waals surface area contributed by atoms with Crippen molar-refractivity contribution in [2.75, 3.05) is 44.3 Å². The second-order valence-electron chi connectivity index (χ2n) is 7.70. The zero-order valence-electron chi connectivity index (χ0n) is 17.5. The number of halogens is 1. The molecule has 0 bridgehead atoms. The van der Waals surface area contributed by atoms with Crippen molar-refractivity contribution in [1.82, 2.24) is 19.7 Å². The van der Waals surface area contributed by atoms with E-state index in [-0.39, 0.29) is 17.8 Å². The van der Waals surface area contributed by atoms with Crippen LogP contribution in [0.5, 0.6) is 0 Å². The number of anilines is 1. The highest BCUT2D eigenvalue weighted by atomic mass is 32.1. The molecular formula is C21H26FN5O2S. The molecule has 0 unspecified atom stereocenters. The van der Waals surface area contributed by atoms with Crippen LogP contribution in [0.1, 0.15) is 36.1 Å². The number of amides is 1. The molecule has 7 nitrogen and oxygen atoms in total. The Labute approximate surface area is 179 Å². The average Bonchev–Trinajstić information content (AvgIpc) is 3.33. The van der Waals surface area contributed by atoms with Crippen molar-refractivity contribution in [2.24, 2.45) is 0 Å². The average molecular weight is 432 g/mol. The van der Waals surface area contributed by atoms with E-state index < -0.39 is 0 Å². The Morgan fingerprint density at radius 2 is 2.10 bits per heavy atom. The molecule has 0 aliphatic carbocycles. The lowest BCUT2D eigenvalue weighted by molar-refractivity contribution is 0.0391. The van der Waals surface area contributed by atoms with Crippen LogP contribution < -0.4 is 4.90 Å². The van der Waals surface area contributed by atoms with Gasteiger partial charge in [0.25, 0.3) is 5.91 Å². The van der Waals surface area contributed by atoms with E-state index in [9.17, 15) is 9.18 Å². The molecule has 0 saturated carbocycles. The highest BCUT2D eigenvalue weighted by Gasteiger charge is 2.26. The number of para-hydroxylation sites is 1. The van der Waals surface area contributed by atoms with Gasteiger partial charge in [0.2, 0.25) is 0 Å². The topological polar surface area (TPSA) is 63.5 Å². The minimum absolute atomic E-state index is 0.157. The molecule has 0 radical (unpaired) electrons. The first-order chi connectivity index (χ1) is 14.4. The summed E-state index contributed by atoms with van der Waals surface area (Å²) in [6.45, 7) is 10.2. The summed E-state index contributed by atoms with van der Waals surface area (Å²) in [5.74, 6) is -0.597. The predicted molar refractivity (Wildman–Crippen MR) is 116 cm³/mol. The smallest absolute Gasteiger partial charge is 0.280 e. The van der Waals surface area contributed by atoms with Crippen LogP contribution in [0.3, 0.4) is 0 Å². The Bertz CT molecular complexity index is 1040. The highest BCUT2D eigenvalue weighted by molar-refractivity contribution is 7.22. The molecule has 3 aromatic rings. The van der Waals surface area contributed by atoms with Crippen molar-refractivity contribution in [3.63, 3.8) is 0 Å². The van der Waals surface area contributed by atoms with Gasteiger partial charge in [0, 0.05) is 37.9 Å². The van der Waals surface area contributed by atoms with Crippen molar-refractivity contribution < 1.29 is 13.9 Å². The number of nitrogens with zero attached hydrogens (tertiary/aromatic N) is 5. The van der Waals surface area contributed by atoms with Crippen molar-refractivity contribution in [3.05, 3.63) is 41.5 Å². The van der Waals surface area contributed by atoms with E-state index in [2.05, 4.69) is 15.0 Å². The molecule has 3 heterocycles. The Hall–Kier alpha value is -2.36. The van der Waals surface area contributed by atoms with E-state index in [0.29, 0.717) is 42.6 Å². The second kappa shape index (κ2) is 8.79. The molecule has 4 rings (SSSR count). The van der Waals surface area contributed by atoms with Crippen molar-refractivity contribution >= 4 is 32.6 Å². The SMILES string of the molecule is Cc1cc(C(=O)N(CCN2CCOCC2)c2nc3c(F)cccc3s2)nn1C(C)C. The molecule has 1 aliphatic rings. The third-order valence-corrected chi connectivity index (χ3v) is 6.25.